The van der Waals surface area contributed by atoms with Crippen LogP contribution in [0.1, 0.15) is 64.0 Å². The van der Waals surface area contributed by atoms with E-state index in [1.54, 1.807) is 21.0 Å². The van der Waals surface area contributed by atoms with Crippen LogP contribution in [-0.4, -0.2) is 29.2 Å². The van der Waals surface area contributed by atoms with Crippen LogP contribution in [0.15, 0.2) is 35.5 Å². The first kappa shape index (κ1) is 22.9. The van der Waals surface area contributed by atoms with E-state index in [9.17, 15) is 5.11 Å². The second-order valence-electron chi connectivity index (χ2n) is 8.66. The molecule has 0 saturated carbocycles. The molecule has 3 rings (SSSR count). The van der Waals surface area contributed by atoms with Crippen molar-refractivity contribution in [1.82, 2.24) is 9.88 Å². The molecule has 31 heavy (non-hydrogen) atoms. The van der Waals surface area contributed by atoms with Gasteiger partial charge >= 0.3 is 0 Å². The van der Waals surface area contributed by atoms with Crippen molar-refractivity contribution in [3.63, 3.8) is 0 Å². The molecule has 1 aromatic heterocycles. The van der Waals surface area contributed by atoms with Crippen LogP contribution < -0.4 is 26.4 Å². The second-order valence-corrected chi connectivity index (χ2v) is 8.66. The number of fused-ring (bicyclic) bond motifs is 1. The maximum Gasteiger partial charge on any atom is 0.152 e. The normalized spacial score (nSPS) is 18.7. The fourth-order valence-electron chi connectivity index (χ4n) is 3.83. The molecule has 0 unspecified atom stereocenters. The summed E-state index contributed by atoms with van der Waals surface area (Å²) < 4.78 is 7.84. The maximum absolute atomic E-state index is 10.3. The summed E-state index contributed by atoms with van der Waals surface area (Å²) in [5, 5.41) is 16.1. The molecule has 2 heterocycles. The van der Waals surface area contributed by atoms with E-state index in [0.29, 0.717) is 12.4 Å². The molecule has 168 valence electrons. The fraction of sp³-hybridized carbons (Fsp3) is 0.480. The lowest BCUT2D eigenvalue weighted by Gasteiger charge is -2.20. The van der Waals surface area contributed by atoms with E-state index in [0.717, 1.165) is 53.9 Å². The molecular formula is C25H36N4O2. The average molecular weight is 425 g/mol. The minimum absolute atomic E-state index is 0.633. The Morgan fingerprint density at radius 3 is 2.77 bits per heavy atom. The highest BCUT2D eigenvalue weighted by Crippen LogP contribution is 2.27. The van der Waals surface area contributed by atoms with E-state index in [4.69, 9.17) is 15.5 Å². The van der Waals surface area contributed by atoms with Crippen LogP contribution in [0.5, 0.6) is 5.75 Å². The third kappa shape index (κ3) is 5.70. The van der Waals surface area contributed by atoms with Gasteiger partial charge in [0.15, 0.2) is 5.82 Å². The molecule has 4 N–H and O–H groups in total. The summed E-state index contributed by atoms with van der Waals surface area (Å²) in [5.74, 6) is 2.24. The van der Waals surface area contributed by atoms with Gasteiger partial charge in [-0.25, -0.2) is 4.99 Å². The number of benzene rings is 1. The Kier molecular flexibility index (Phi) is 7.44. The van der Waals surface area contributed by atoms with E-state index in [2.05, 4.69) is 35.1 Å². The highest BCUT2D eigenvalue weighted by Gasteiger charge is 2.18. The zero-order chi connectivity index (χ0) is 22.4. The zero-order valence-electron chi connectivity index (χ0n) is 19.2. The minimum Gasteiger partial charge on any atom is -0.496 e. The number of amidine groups is 1. The summed E-state index contributed by atoms with van der Waals surface area (Å²) in [5.41, 5.74) is 7.12. The topological polar surface area (TPSA) is 84.8 Å². The Balaban J connectivity index is 2.04. The van der Waals surface area contributed by atoms with Gasteiger partial charge in [0.2, 0.25) is 0 Å². The fourth-order valence-corrected chi connectivity index (χ4v) is 3.83. The first-order chi connectivity index (χ1) is 14.8. The predicted molar refractivity (Wildman–Crippen MR) is 127 cm³/mol. The highest BCUT2D eigenvalue weighted by atomic mass is 16.5. The Morgan fingerprint density at radius 1 is 1.26 bits per heavy atom. The smallest absolute Gasteiger partial charge is 0.152 e. The zero-order valence-corrected chi connectivity index (χ0v) is 19.2. The molecule has 0 spiro atoms. The molecule has 2 aromatic rings. The van der Waals surface area contributed by atoms with Crippen molar-refractivity contribution in [2.75, 3.05) is 13.7 Å². The van der Waals surface area contributed by atoms with E-state index in [1.807, 2.05) is 18.2 Å². The van der Waals surface area contributed by atoms with Crippen LogP contribution >= 0.6 is 0 Å². The third-order valence-electron chi connectivity index (χ3n) is 5.65. The lowest BCUT2D eigenvalue weighted by atomic mass is 9.96. The number of hydrogen-bond donors (Lipinski definition) is 3. The molecule has 0 bridgehead atoms. The van der Waals surface area contributed by atoms with E-state index in [1.165, 1.54) is 18.1 Å². The minimum atomic E-state index is -0.918. The lowest BCUT2D eigenvalue weighted by molar-refractivity contribution is 0.0783. The van der Waals surface area contributed by atoms with Gasteiger partial charge in [-0.2, -0.15) is 0 Å². The predicted octanol–water partition coefficient (Wildman–Crippen LogP) is 2.55. The molecule has 0 amide bonds. The number of hydrogen-bond acceptors (Lipinski definition) is 5. The van der Waals surface area contributed by atoms with Crippen molar-refractivity contribution in [3.05, 3.63) is 52.2 Å². The number of rotatable bonds is 9. The molecule has 0 fully saturated rings. The van der Waals surface area contributed by atoms with Crippen molar-refractivity contribution in [3.8, 4) is 5.75 Å². The number of aliphatic imine (C=N–C) groups is 1. The number of unbranched alkanes of at least 4 members (excludes halogenated alkanes) is 2. The molecule has 0 atom stereocenters. The molecule has 1 aromatic carbocycles. The van der Waals surface area contributed by atoms with Crippen LogP contribution in [0.3, 0.4) is 0 Å². The van der Waals surface area contributed by atoms with E-state index < -0.39 is 5.60 Å². The molecule has 0 radical (unpaired) electrons. The lowest BCUT2D eigenvalue weighted by Crippen LogP contribution is -2.37. The average Bonchev–Trinajstić information content (AvgIpc) is 3.10. The number of aromatic nitrogens is 1. The van der Waals surface area contributed by atoms with Crippen LogP contribution in [-0.2, 0) is 12.1 Å². The van der Waals surface area contributed by atoms with E-state index >= 15 is 0 Å². The van der Waals surface area contributed by atoms with Gasteiger partial charge in [0.05, 0.1) is 24.6 Å². The standard InChI is InChI=1S/C25H36N4O2/c1-5-6-7-14-27-24-23-18(9-8-10-22(26)28-24)13-15-29(23)17-19-11-12-20(25(2,3)30)16-21(19)31-4/h9,11-13,15-16,27,30H,5-8,10,14,17H2,1-4H3,(H2,26,28)/b18-9-,24-23+. The number of aliphatic hydroxyl groups is 1. The number of nitrogens with two attached hydrogens (primary N) is 1. The summed E-state index contributed by atoms with van der Waals surface area (Å²) >= 11 is 0. The largest absolute Gasteiger partial charge is 0.496 e. The van der Waals surface area contributed by atoms with Crippen LogP contribution in [0.4, 0.5) is 0 Å². The Bertz CT molecular complexity index is 1040. The van der Waals surface area contributed by atoms with Gasteiger partial charge in [0.1, 0.15) is 11.6 Å². The van der Waals surface area contributed by atoms with E-state index in [-0.39, 0.29) is 0 Å². The number of nitrogens with zero attached hydrogens (tertiary/aromatic N) is 2. The Labute approximate surface area is 185 Å². The quantitative estimate of drug-likeness (QED) is 0.540. The Morgan fingerprint density at radius 2 is 2.06 bits per heavy atom. The molecule has 1 aliphatic rings. The van der Waals surface area contributed by atoms with Crippen molar-refractivity contribution < 1.29 is 9.84 Å². The molecule has 0 saturated heterocycles. The van der Waals surface area contributed by atoms with Crippen molar-refractivity contribution in [2.45, 2.75) is 65.0 Å². The molecular weight excluding hydrogens is 388 g/mol. The van der Waals surface area contributed by atoms with Gasteiger partial charge in [0.25, 0.3) is 0 Å². The van der Waals surface area contributed by atoms with Gasteiger partial charge in [-0.05, 0) is 49.6 Å². The first-order valence-electron chi connectivity index (χ1n) is 11.2. The van der Waals surface area contributed by atoms with Crippen molar-refractivity contribution >= 4 is 17.7 Å². The first-order valence-corrected chi connectivity index (χ1v) is 11.2. The van der Waals surface area contributed by atoms with Crippen LogP contribution in [0.2, 0.25) is 0 Å². The molecule has 6 heteroatoms. The molecule has 1 aliphatic heterocycles. The monoisotopic (exact) mass is 424 g/mol. The number of methoxy groups -OCH3 is 1. The number of ether oxygens (including phenoxy) is 1. The Hall–Kier alpha value is -2.73. The summed E-state index contributed by atoms with van der Waals surface area (Å²) in [6.45, 7) is 7.26. The highest BCUT2D eigenvalue weighted by molar-refractivity contribution is 5.84. The van der Waals surface area contributed by atoms with Crippen molar-refractivity contribution in [1.29, 1.82) is 0 Å². The summed E-state index contributed by atoms with van der Waals surface area (Å²) in [4.78, 5) is 4.73. The van der Waals surface area contributed by atoms with Gasteiger partial charge in [-0.3, -0.25) is 0 Å². The summed E-state index contributed by atoms with van der Waals surface area (Å²) in [7, 11) is 1.67. The maximum atomic E-state index is 10.3. The van der Waals surface area contributed by atoms with Gasteiger partial charge in [-0.1, -0.05) is 38.0 Å². The third-order valence-corrected chi connectivity index (χ3v) is 5.65. The van der Waals surface area contributed by atoms with Gasteiger partial charge < -0.3 is 25.5 Å². The number of nitrogens with one attached hydrogen (secondary N) is 1. The van der Waals surface area contributed by atoms with Crippen LogP contribution in [0.25, 0.3) is 11.9 Å². The molecule has 0 aliphatic carbocycles. The summed E-state index contributed by atoms with van der Waals surface area (Å²) in [6.07, 6.45) is 9.42. The second kappa shape index (κ2) is 10.1. The SMILES string of the molecule is CCCCCNC1=c2/c(ccn2Cc2ccc(C(C)(C)O)cc2OC)=C\CC/C(N)=N\1. The molecule has 6 nitrogen and oxygen atoms in total. The van der Waals surface area contributed by atoms with Crippen LogP contribution in [0, 0.1) is 0 Å². The van der Waals surface area contributed by atoms with Gasteiger partial charge in [-0.15, -0.1) is 0 Å². The van der Waals surface area contributed by atoms with Crippen molar-refractivity contribution in [2.24, 2.45) is 10.7 Å². The summed E-state index contributed by atoms with van der Waals surface area (Å²) in [6, 6.07) is 8.04. The van der Waals surface area contributed by atoms with Gasteiger partial charge in [0, 0.05) is 24.7 Å².